The Morgan fingerprint density at radius 2 is 1.82 bits per heavy atom. The van der Waals surface area contributed by atoms with Crippen LogP contribution < -0.4 is 10.1 Å². The number of hydrogen-bond acceptors (Lipinski definition) is 4. The van der Waals surface area contributed by atoms with Gasteiger partial charge in [-0.3, -0.25) is 9.59 Å². The Labute approximate surface area is 129 Å². The Balaban J connectivity index is 1.81. The fourth-order valence-electron chi connectivity index (χ4n) is 2.17. The highest BCUT2D eigenvalue weighted by molar-refractivity contribution is 5.94. The maximum absolute atomic E-state index is 11.9. The smallest absolute Gasteiger partial charge is 0.306 e. The Morgan fingerprint density at radius 1 is 1.23 bits per heavy atom. The van der Waals surface area contributed by atoms with E-state index in [0.717, 1.165) is 0 Å². The summed E-state index contributed by atoms with van der Waals surface area (Å²) in [6, 6.07) is 6.85. The van der Waals surface area contributed by atoms with E-state index < -0.39 is 17.5 Å². The lowest BCUT2D eigenvalue weighted by molar-refractivity contribution is -0.147. The van der Waals surface area contributed by atoms with E-state index in [2.05, 4.69) is 5.32 Å². The van der Waals surface area contributed by atoms with Crippen molar-refractivity contribution >= 4 is 17.6 Å². The van der Waals surface area contributed by atoms with Crippen molar-refractivity contribution in [1.82, 2.24) is 0 Å². The molecule has 1 fully saturated rings. The molecule has 1 aliphatic carbocycles. The Morgan fingerprint density at radius 3 is 2.32 bits per heavy atom. The van der Waals surface area contributed by atoms with E-state index in [1.807, 2.05) is 0 Å². The van der Waals surface area contributed by atoms with E-state index in [0.29, 0.717) is 24.3 Å². The summed E-state index contributed by atoms with van der Waals surface area (Å²) in [5, 5.41) is 21.1. The fraction of sp³-hybridized carbons (Fsp3) is 0.500. The van der Waals surface area contributed by atoms with Crippen LogP contribution in [-0.2, 0) is 9.59 Å². The van der Waals surface area contributed by atoms with Crippen molar-refractivity contribution in [1.29, 1.82) is 0 Å². The van der Waals surface area contributed by atoms with Crippen LogP contribution in [0.5, 0.6) is 5.75 Å². The van der Waals surface area contributed by atoms with Gasteiger partial charge in [-0.15, -0.1) is 0 Å². The molecule has 0 aromatic heterocycles. The van der Waals surface area contributed by atoms with Gasteiger partial charge in [0.05, 0.1) is 11.5 Å². The Hall–Kier alpha value is -2.08. The van der Waals surface area contributed by atoms with Crippen molar-refractivity contribution in [3.05, 3.63) is 24.3 Å². The summed E-state index contributed by atoms with van der Waals surface area (Å²) in [5.41, 5.74) is -0.267. The van der Waals surface area contributed by atoms with Crippen LogP contribution in [0.15, 0.2) is 24.3 Å². The van der Waals surface area contributed by atoms with Gasteiger partial charge in [-0.25, -0.2) is 0 Å². The molecule has 1 aromatic rings. The number of benzene rings is 1. The number of rotatable bonds is 6. The molecule has 0 aliphatic heterocycles. The number of carbonyl (C=O) groups is 2. The number of carbonyl (C=O) groups excluding carboxylic acids is 1. The third kappa shape index (κ3) is 4.46. The maximum atomic E-state index is 11.9. The molecule has 0 saturated heterocycles. The fourth-order valence-corrected chi connectivity index (χ4v) is 2.17. The molecule has 0 heterocycles. The second-order valence-corrected chi connectivity index (χ2v) is 6.32. The third-order valence-electron chi connectivity index (χ3n) is 3.57. The average molecular weight is 307 g/mol. The van der Waals surface area contributed by atoms with Crippen LogP contribution >= 0.6 is 0 Å². The first-order valence-corrected chi connectivity index (χ1v) is 7.23. The number of ether oxygens (including phenoxy) is 1. The molecule has 0 unspecified atom stereocenters. The van der Waals surface area contributed by atoms with E-state index in [-0.39, 0.29) is 18.4 Å². The van der Waals surface area contributed by atoms with Gasteiger partial charge < -0.3 is 20.3 Å². The van der Waals surface area contributed by atoms with Gasteiger partial charge in [0.1, 0.15) is 12.4 Å². The SMILES string of the molecule is CC(C)(O)COc1ccc(NC(=O)C2CC(C(=O)O)C2)cc1. The van der Waals surface area contributed by atoms with Crippen LogP contribution in [0.2, 0.25) is 0 Å². The zero-order valence-corrected chi connectivity index (χ0v) is 12.7. The van der Waals surface area contributed by atoms with Crippen molar-refractivity contribution in [3.8, 4) is 5.75 Å². The summed E-state index contributed by atoms with van der Waals surface area (Å²) in [4.78, 5) is 22.7. The third-order valence-corrected chi connectivity index (χ3v) is 3.57. The molecular weight excluding hydrogens is 286 g/mol. The van der Waals surface area contributed by atoms with Gasteiger partial charge in [0.25, 0.3) is 0 Å². The minimum atomic E-state index is -0.905. The molecule has 1 amide bonds. The first-order chi connectivity index (χ1) is 10.2. The van der Waals surface area contributed by atoms with Crippen LogP contribution in [0.3, 0.4) is 0 Å². The molecule has 3 N–H and O–H groups in total. The number of carboxylic acid groups (broad SMARTS) is 1. The lowest BCUT2D eigenvalue weighted by atomic mass is 9.74. The highest BCUT2D eigenvalue weighted by Gasteiger charge is 2.38. The molecule has 2 rings (SSSR count). The minimum Gasteiger partial charge on any atom is -0.491 e. The second kappa shape index (κ2) is 6.36. The molecule has 1 aliphatic rings. The number of anilines is 1. The highest BCUT2D eigenvalue weighted by atomic mass is 16.5. The molecule has 120 valence electrons. The molecule has 6 heteroatoms. The quantitative estimate of drug-likeness (QED) is 0.746. The molecule has 1 aromatic carbocycles. The van der Waals surface area contributed by atoms with Crippen LogP contribution in [0, 0.1) is 11.8 Å². The van der Waals surface area contributed by atoms with Crippen LogP contribution in [0.4, 0.5) is 5.69 Å². The number of nitrogens with one attached hydrogen (secondary N) is 1. The summed E-state index contributed by atoms with van der Waals surface area (Å²) in [5.74, 6) is -1.00. The van der Waals surface area contributed by atoms with Crippen molar-refractivity contribution in [2.45, 2.75) is 32.3 Å². The zero-order chi connectivity index (χ0) is 16.3. The molecular formula is C16H21NO5. The number of hydrogen-bond donors (Lipinski definition) is 3. The molecule has 0 radical (unpaired) electrons. The standard InChI is InChI=1S/C16H21NO5/c1-16(2,21)9-22-13-5-3-12(4-6-13)17-14(18)10-7-11(8-10)15(19)20/h3-6,10-11,21H,7-9H2,1-2H3,(H,17,18)(H,19,20). The number of aliphatic carboxylic acids is 1. The second-order valence-electron chi connectivity index (χ2n) is 6.32. The van der Waals surface area contributed by atoms with Crippen molar-refractivity contribution in [2.24, 2.45) is 11.8 Å². The topological polar surface area (TPSA) is 95.9 Å². The molecule has 0 bridgehead atoms. The van der Waals surface area contributed by atoms with Gasteiger partial charge in [0.2, 0.25) is 5.91 Å². The summed E-state index contributed by atoms with van der Waals surface area (Å²) >= 11 is 0. The average Bonchev–Trinajstić information content (AvgIpc) is 2.34. The van der Waals surface area contributed by atoms with Crippen molar-refractivity contribution in [3.63, 3.8) is 0 Å². The van der Waals surface area contributed by atoms with Gasteiger partial charge >= 0.3 is 5.97 Å². The van der Waals surface area contributed by atoms with Crippen molar-refractivity contribution in [2.75, 3.05) is 11.9 Å². The van der Waals surface area contributed by atoms with Crippen LogP contribution in [-0.4, -0.2) is 34.3 Å². The van der Waals surface area contributed by atoms with E-state index >= 15 is 0 Å². The van der Waals surface area contributed by atoms with Crippen molar-refractivity contribution < 1.29 is 24.5 Å². The van der Waals surface area contributed by atoms with E-state index in [4.69, 9.17) is 9.84 Å². The van der Waals surface area contributed by atoms with Gasteiger partial charge in [-0.2, -0.15) is 0 Å². The first-order valence-electron chi connectivity index (χ1n) is 7.23. The van der Waals surface area contributed by atoms with E-state index in [1.54, 1.807) is 38.1 Å². The lowest BCUT2D eigenvalue weighted by Crippen LogP contribution is -2.38. The van der Waals surface area contributed by atoms with Crippen LogP contribution in [0.25, 0.3) is 0 Å². The predicted molar refractivity (Wildman–Crippen MR) is 80.7 cm³/mol. The molecule has 6 nitrogen and oxygen atoms in total. The number of amides is 1. The summed E-state index contributed by atoms with van der Waals surface area (Å²) < 4.78 is 5.42. The van der Waals surface area contributed by atoms with E-state index in [9.17, 15) is 14.7 Å². The molecule has 0 atom stereocenters. The monoisotopic (exact) mass is 307 g/mol. The highest BCUT2D eigenvalue weighted by Crippen LogP contribution is 2.34. The van der Waals surface area contributed by atoms with E-state index in [1.165, 1.54) is 0 Å². The Kier molecular flexibility index (Phi) is 4.71. The maximum Gasteiger partial charge on any atom is 0.306 e. The van der Waals surface area contributed by atoms with Gasteiger partial charge in [-0.05, 0) is 51.0 Å². The Bertz CT molecular complexity index is 541. The summed E-state index contributed by atoms with van der Waals surface area (Å²) in [6.45, 7) is 3.49. The first kappa shape index (κ1) is 16.3. The zero-order valence-electron chi connectivity index (χ0n) is 12.7. The number of aliphatic hydroxyl groups is 1. The minimum absolute atomic E-state index is 0.150. The molecule has 0 spiro atoms. The predicted octanol–water partition coefficient (Wildman–Crippen LogP) is 1.89. The molecule has 1 saturated carbocycles. The summed E-state index contributed by atoms with van der Waals surface area (Å²) in [7, 11) is 0. The van der Waals surface area contributed by atoms with Crippen LogP contribution in [0.1, 0.15) is 26.7 Å². The number of carboxylic acids is 1. The van der Waals surface area contributed by atoms with Gasteiger partial charge in [0, 0.05) is 11.6 Å². The van der Waals surface area contributed by atoms with Gasteiger partial charge in [0.15, 0.2) is 0 Å². The van der Waals surface area contributed by atoms with Gasteiger partial charge in [-0.1, -0.05) is 0 Å². The largest absolute Gasteiger partial charge is 0.491 e. The lowest BCUT2D eigenvalue weighted by Gasteiger charge is -2.30. The normalized spacial score (nSPS) is 20.9. The summed E-state index contributed by atoms with van der Waals surface area (Å²) in [6.07, 6.45) is 0.794. The molecule has 22 heavy (non-hydrogen) atoms.